The smallest absolute Gasteiger partial charge is 0.0638 e. The van der Waals surface area contributed by atoms with E-state index in [9.17, 15) is 5.11 Å². The molecule has 1 aliphatic rings. The van der Waals surface area contributed by atoms with Gasteiger partial charge in [-0.1, -0.05) is 0 Å². The molecule has 4 nitrogen and oxygen atoms in total. The second-order valence-electron chi connectivity index (χ2n) is 4.47. The van der Waals surface area contributed by atoms with E-state index >= 15 is 0 Å². The van der Waals surface area contributed by atoms with Crippen LogP contribution in [-0.4, -0.2) is 34.1 Å². The van der Waals surface area contributed by atoms with Gasteiger partial charge in [-0.05, 0) is 38.8 Å². The van der Waals surface area contributed by atoms with Gasteiger partial charge >= 0.3 is 0 Å². The molecule has 0 saturated heterocycles. The van der Waals surface area contributed by atoms with Gasteiger partial charge in [-0.3, -0.25) is 4.68 Å². The van der Waals surface area contributed by atoms with Crippen molar-refractivity contribution in [3.63, 3.8) is 0 Å². The van der Waals surface area contributed by atoms with Gasteiger partial charge in [0.1, 0.15) is 0 Å². The normalized spacial score (nSPS) is 20.2. The molecule has 1 heterocycles. The number of likely N-dealkylation sites (N-methyl/N-ethyl adjacent to an activating group) is 1. The quantitative estimate of drug-likeness (QED) is 0.744. The van der Waals surface area contributed by atoms with E-state index in [1.807, 2.05) is 24.7 Å². The lowest BCUT2D eigenvalue weighted by molar-refractivity contribution is 0.125. The highest BCUT2D eigenvalue weighted by atomic mass is 16.3. The summed E-state index contributed by atoms with van der Waals surface area (Å²) in [5.41, 5.74) is 0.959. The van der Waals surface area contributed by atoms with Crippen LogP contribution in [0.15, 0.2) is 12.3 Å². The molecule has 1 aliphatic carbocycles. The molecule has 0 radical (unpaired) electrons. The van der Waals surface area contributed by atoms with Crippen LogP contribution in [0.3, 0.4) is 0 Å². The van der Waals surface area contributed by atoms with Crippen LogP contribution in [0.1, 0.15) is 18.5 Å². The standard InChI is InChI=1S/C11H19N3O/c1-9-5-6-13-14(9)7-11(8-15,12-2)10-3-4-10/h5-6,10,12,15H,3-4,7-8H2,1-2H3. The fourth-order valence-electron chi connectivity index (χ4n) is 2.14. The third-order valence-electron chi connectivity index (χ3n) is 3.50. The predicted octanol–water partition coefficient (Wildman–Crippen LogP) is 0.552. The Labute approximate surface area is 90.3 Å². The van der Waals surface area contributed by atoms with Gasteiger partial charge in [-0.15, -0.1) is 0 Å². The molecule has 1 fully saturated rings. The summed E-state index contributed by atoms with van der Waals surface area (Å²) in [5.74, 6) is 0.594. The molecule has 0 bridgehead atoms. The zero-order valence-corrected chi connectivity index (χ0v) is 9.40. The van der Waals surface area contributed by atoms with E-state index in [4.69, 9.17) is 0 Å². The highest BCUT2D eigenvalue weighted by Gasteiger charge is 2.44. The summed E-state index contributed by atoms with van der Waals surface area (Å²) in [6, 6.07) is 1.99. The highest BCUT2D eigenvalue weighted by Crippen LogP contribution is 2.40. The van der Waals surface area contributed by atoms with E-state index in [0.717, 1.165) is 12.2 Å². The van der Waals surface area contributed by atoms with Crippen molar-refractivity contribution in [1.29, 1.82) is 0 Å². The lowest BCUT2D eigenvalue weighted by Gasteiger charge is -2.32. The average Bonchev–Trinajstić information content (AvgIpc) is 3.02. The number of nitrogens with one attached hydrogen (secondary N) is 1. The Kier molecular flexibility index (Phi) is 2.80. The maximum atomic E-state index is 9.57. The molecule has 4 heteroatoms. The van der Waals surface area contributed by atoms with Crippen molar-refractivity contribution in [2.45, 2.75) is 31.8 Å². The van der Waals surface area contributed by atoms with E-state index in [-0.39, 0.29) is 12.1 Å². The first-order valence-corrected chi connectivity index (χ1v) is 5.50. The fraction of sp³-hybridized carbons (Fsp3) is 0.727. The average molecular weight is 209 g/mol. The minimum Gasteiger partial charge on any atom is -0.394 e. The molecule has 0 aliphatic heterocycles. The Morgan fingerprint density at radius 3 is 2.80 bits per heavy atom. The van der Waals surface area contributed by atoms with Gasteiger partial charge < -0.3 is 10.4 Å². The first-order valence-electron chi connectivity index (χ1n) is 5.50. The summed E-state index contributed by atoms with van der Waals surface area (Å²) >= 11 is 0. The van der Waals surface area contributed by atoms with Gasteiger partial charge in [0.05, 0.1) is 18.7 Å². The lowest BCUT2D eigenvalue weighted by Crippen LogP contribution is -2.52. The number of nitrogens with zero attached hydrogens (tertiary/aromatic N) is 2. The van der Waals surface area contributed by atoms with Crippen molar-refractivity contribution >= 4 is 0 Å². The Bertz CT molecular complexity index is 326. The molecule has 0 spiro atoms. The molecule has 84 valence electrons. The van der Waals surface area contributed by atoms with Gasteiger partial charge in [0.2, 0.25) is 0 Å². The minimum atomic E-state index is -0.184. The van der Waals surface area contributed by atoms with Crippen LogP contribution >= 0.6 is 0 Å². The van der Waals surface area contributed by atoms with Crippen LogP contribution in [-0.2, 0) is 6.54 Å². The van der Waals surface area contributed by atoms with Crippen LogP contribution in [0.5, 0.6) is 0 Å². The predicted molar refractivity (Wildman–Crippen MR) is 58.6 cm³/mol. The lowest BCUT2D eigenvalue weighted by atomic mass is 9.94. The van der Waals surface area contributed by atoms with Crippen molar-refractivity contribution in [3.05, 3.63) is 18.0 Å². The first-order chi connectivity index (χ1) is 7.22. The summed E-state index contributed by atoms with van der Waals surface area (Å²) < 4.78 is 1.96. The molecule has 1 aromatic heterocycles. The van der Waals surface area contributed by atoms with Gasteiger partial charge in [0.15, 0.2) is 0 Å². The maximum absolute atomic E-state index is 9.57. The summed E-state index contributed by atoms with van der Waals surface area (Å²) in [6.07, 6.45) is 4.23. The molecule has 1 unspecified atom stereocenters. The molecule has 2 N–H and O–H groups in total. The number of aliphatic hydroxyl groups is 1. The largest absolute Gasteiger partial charge is 0.394 e. The summed E-state index contributed by atoms with van der Waals surface area (Å²) in [6.45, 7) is 2.97. The topological polar surface area (TPSA) is 50.1 Å². The molecule has 1 aromatic rings. The highest BCUT2D eigenvalue weighted by molar-refractivity contribution is 5.04. The second kappa shape index (κ2) is 3.94. The minimum absolute atomic E-state index is 0.174. The number of hydrogen-bond donors (Lipinski definition) is 2. The van der Waals surface area contributed by atoms with E-state index < -0.39 is 0 Å². The Morgan fingerprint density at radius 2 is 2.40 bits per heavy atom. The Morgan fingerprint density at radius 1 is 1.67 bits per heavy atom. The monoisotopic (exact) mass is 209 g/mol. The van der Waals surface area contributed by atoms with Crippen LogP contribution in [0, 0.1) is 12.8 Å². The SMILES string of the molecule is CNC(CO)(Cn1nccc1C)C1CC1. The van der Waals surface area contributed by atoms with E-state index in [0.29, 0.717) is 5.92 Å². The molecule has 15 heavy (non-hydrogen) atoms. The molecule has 1 atom stereocenters. The fourth-order valence-corrected chi connectivity index (χ4v) is 2.14. The Hall–Kier alpha value is -0.870. The van der Waals surface area contributed by atoms with Gasteiger partial charge in [0.25, 0.3) is 0 Å². The van der Waals surface area contributed by atoms with E-state index in [2.05, 4.69) is 10.4 Å². The number of aromatic nitrogens is 2. The van der Waals surface area contributed by atoms with Gasteiger partial charge in [-0.2, -0.15) is 5.10 Å². The molecular weight excluding hydrogens is 190 g/mol. The van der Waals surface area contributed by atoms with Gasteiger partial charge in [-0.25, -0.2) is 0 Å². The van der Waals surface area contributed by atoms with Crippen LogP contribution < -0.4 is 5.32 Å². The summed E-state index contributed by atoms with van der Waals surface area (Å²) in [7, 11) is 1.92. The maximum Gasteiger partial charge on any atom is 0.0638 e. The third kappa shape index (κ3) is 1.92. The zero-order valence-electron chi connectivity index (χ0n) is 9.40. The van der Waals surface area contributed by atoms with E-state index in [1.165, 1.54) is 12.8 Å². The van der Waals surface area contributed by atoms with Crippen LogP contribution in [0.2, 0.25) is 0 Å². The van der Waals surface area contributed by atoms with Crippen LogP contribution in [0.25, 0.3) is 0 Å². The number of rotatable bonds is 5. The molecular formula is C11H19N3O. The van der Waals surface area contributed by atoms with Crippen molar-refractivity contribution in [3.8, 4) is 0 Å². The van der Waals surface area contributed by atoms with E-state index in [1.54, 1.807) is 6.20 Å². The van der Waals surface area contributed by atoms with Crippen LogP contribution in [0.4, 0.5) is 0 Å². The van der Waals surface area contributed by atoms with Crippen molar-refractivity contribution < 1.29 is 5.11 Å². The number of hydrogen-bond acceptors (Lipinski definition) is 3. The number of aliphatic hydroxyl groups excluding tert-OH is 1. The summed E-state index contributed by atoms with van der Waals surface area (Å²) in [5, 5.41) is 17.1. The van der Waals surface area contributed by atoms with Crippen molar-refractivity contribution in [2.75, 3.05) is 13.7 Å². The summed E-state index contributed by atoms with van der Waals surface area (Å²) in [4.78, 5) is 0. The molecule has 0 aromatic carbocycles. The Balaban J connectivity index is 2.16. The molecule has 1 saturated carbocycles. The van der Waals surface area contributed by atoms with Crippen molar-refractivity contribution in [1.82, 2.24) is 15.1 Å². The second-order valence-corrected chi connectivity index (χ2v) is 4.47. The molecule has 0 amide bonds. The first kappa shape index (κ1) is 10.6. The molecule has 2 rings (SSSR count). The number of aryl methyl sites for hydroxylation is 1. The van der Waals surface area contributed by atoms with Crippen molar-refractivity contribution in [2.24, 2.45) is 5.92 Å². The van der Waals surface area contributed by atoms with Gasteiger partial charge in [0, 0.05) is 11.9 Å². The third-order valence-corrected chi connectivity index (χ3v) is 3.50. The zero-order chi connectivity index (χ0) is 10.9.